The van der Waals surface area contributed by atoms with Gasteiger partial charge in [-0.2, -0.15) is 0 Å². The lowest BCUT2D eigenvalue weighted by molar-refractivity contribution is 0.0764. The molecule has 5 nitrogen and oxygen atoms in total. The number of rotatable bonds is 6. The Morgan fingerprint density at radius 1 is 0.765 bits per heavy atom. The molecule has 0 atom stereocenters. The van der Waals surface area contributed by atoms with Crippen molar-refractivity contribution in [3.05, 3.63) is 47.3 Å². The number of ether oxygens (including phenoxy) is 1. The van der Waals surface area contributed by atoms with Gasteiger partial charge in [-0.05, 0) is 24.3 Å². The second-order valence-corrected chi connectivity index (χ2v) is 3.55. The molecule has 0 saturated carbocycles. The third-order valence-electron chi connectivity index (χ3n) is 2.23. The van der Waals surface area contributed by atoms with Crippen LogP contribution in [-0.4, -0.2) is 10.2 Å². The van der Waals surface area contributed by atoms with Crippen LogP contribution in [0.25, 0.3) is 0 Å². The first-order chi connectivity index (χ1) is 8.31. The van der Waals surface area contributed by atoms with Gasteiger partial charge in [0.1, 0.15) is 49.5 Å². The highest BCUT2D eigenvalue weighted by atomic mass is 16.5. The van der Waals surface area contributed by atoms with Crippen LogP contribution in [0.1, 0.15) is 23.0 Å². The maximum atomic E-state index is 8.81. The molecule has 0 aliphatic carbocycles. The summed E-state index contributed by atoms with van der Waals surface area (Å²) in [4.78, 5) is 0. The van der Waals surface area contributed by atoms with E-state index in [1.54, 1.807) is 24.3 Å². The van der Waals surface area contributed by atoms with Crippen LogP contribution in [0.5, 0.6) is 0 Å². The van der Waals surface area contributed by atoms with Crippen molar-refractivity contribution >= 4 is 0 Å². The third-order valence-corrected chi connectivity index (χ3v) is 2.23. The molecule has 0 aromatic carbocycles. The number of aliphatic hydroxyl groups excluding tert-OH is 2. The van der Waals surface area contributed by atoms with Gasteiger partial charge in [-0.25, -0.2) is 0 Å². The normalized spacial score (nSPS) is 10.9. The van der Waals surface area contributed by atoms with E-state index >= 15 is 0 Å². The predicted molar refractivity (Wildman–Crippen MR) is 57.8 cm³/mol. The van der Waals surface area contributed by atoms with Gasteiger partial charge in [-0.15, -0.1) is 0 Å². The summed E-state index contributed by atoms with van der Waals surface area (Å²) >= 11 is 0. The Morgan fingerprint density at radius 2 is 1.18 bits per heavy atom. The van der Waals surface area contributed by atoms with Crippen LogP contribution < -0.4 is 0 Å². The predicted octanol–water partition coefficient (Wildman–Crippen LogP) is 1.57. The molecule has 0 saturated heterocycles. The minimum Gasteiger partial charge on any atom is -0.461 e. The van der Waals surface area contributed by atoms with Crippen molar-refractivity contribution in [2.24, 2.45) is 0 Å². The molecule has 92 valence electrons. The number of aliphatic hydroxyl groups is 2. The Bertz CT molecular complexity index is 415. The lowest BCUT2D eigenvalue weighted by Gasteiger charge is -1.99. The Balaban J connectivity index is 1.79. The van der Waals surface area contributed by atoms with Gasteiger partial charge in [0.15, 0.2) is 0 Å². The summed E-state index contributed by atoms with van der Waals surface area (Å²) in [6, 6.07) is 6.92. The van der Waals surface area contributed by atoms with Gasteiger partial charge >= 0.3 is 0 Å². The number of furan rings is 2. The molecule has 0 aliphatic rings. The molecule has 0 unspecified atom stereocenters. The van der Waals surface area contributed by atoms with Crippen LogP contribution in [0.15, 0.2) is 33.1 Å². The van der Waals surface area contributed by atoms with Gasteiger partial charge in [-0.3, -0.25) is 0 Å². The zero-order chi connectivity index (χ0) is 12.1. The lowest BCUT2D eigenvalue weighted by Crippen LogP contribution is -1.91. The fraction of sp³-hybridized carbons (Fsp3) is 0.333. The van der Waals surface area contributed by atoms with Crippen LogP contribution in [-0.2, 0) is 31.2 Å². The molecule has 2 heterocycles. The largest absolute Gasteiger partial charge is 0.461 e. The quantitative estimate of drug-likeness (QED) is 0.799. The van der Waals surface area contributed by atoms with E-state index in [9.17, 15) is 0 Å². The summed E-state index contributed by atoms with van der Waals surface area (Å²) < 4.78 is 15.9. The zero-order valence-electron chi connectivity index (χ0n) is 9.26. The average molecular weight is 238 g/mol. The smallest absolute Gasteiger partial charge is 0.130 e. The summed E-state index contributed by atoms with van der Waals surface area (Å²) in [5.74, 6) is 2.35. The molecule has 2 aromatic rings. The summed E-state index contributed by atoms with van der Waals surface area (Å²) in [6.07, 6.45) is 0. The summed E-state index contributed by atoms with van der Waals surface area (Å²) in [6.45, 7) is 0.403. The van der Waals surface area contributed by atoms with Gasteiger partial charge < -0.3 is 23.8 Å². The van der Waals surface area contributed by atoms with Gasteiger partial charge in [0.05, 0.1) is 0 Å². The molecule has 2 rings (SSSR count). The molecule has 0 fully saturated rings. The Kier molecular flexibility index (Phi) is 3.98. The Morgan fingerprint density at radius 3 is 1.53 bits per heavy atom. The van der Waals surface area contributed by atoms with Crippen LogP contribution in [0.4, 0.5) is 0 Å². The lowest BCUT2D eigenvalue weighted by atomic mass is 10.4. The Labute approximate surface area is 98.2 Å². The molecule has 0 aliphatic heterocycles. The first-order valence-corrected chi connectivity index (χ1v) is 5.26. The van der Waals surface area contributed by atoms with E-state index in [0.717, 1.165) is 0 Å². The van der Waals surface area contributed by atoms with Crippen molar-refractivity contribution in [2.45, 2.75) is 26.4 Å². The zero-order valence-corrected chi connectivity index (χ0v) is 9.26. The average Bonchev–Trinajstić information content (AvgIpc) is 2.97. The van der Waals surface area contributed by atoms with Crippen LogP contribution in [0.3, 0.4) is 0 Å². The maximum absolute atomic E-state index is 8.81. The summed E-state index contributed by atoms with van der Waals surface area (Å²) in [5, 5.41) is 17.6. The molecule has 0 spiro atoms. The van der Waals surface area contributed by atoms with E-state index in [2.05, 4.69) is 0 Å². The molecule has 17 heavy (non-hydrogen) atoms. The van der Waals surface area contributed by atoms with E-state index in [-0.39, 0.29) is 13.2 Å². The van der Waals surface area contributed by atoms with Crippen molar-refractivity contribution in [3.8, 4) is 0 Å². The molecular weight excluding hydrogens is 224 g/mol. The van der Waals surface area contributed by atoms with Crippen molar-refractivity contribution in [1.29, 1.82) is 0 Å². The van der Waals surface area contributed by atoms with Gasteiger partial charge in [-0.1, -0.05) is 0 Å². The minimum absolute atomic E-state index is 0.113. The van der Waals surface area contributed by atoms with Crippen LogP contribution in [0.2, 0.25) is 0 Å². The van der Waals surface area contributed by atoms with Crippen LogP contribution in [0, 0.1) is 0 Å². The van der Waals surface area contributed by atoms with Gasteiger partial charge in [0, 0.05) is 0 Å². The fourth-order valence-electron chi connectivity index (χ4n) is 1.42. The SMILES string of the molecule is OCc1ccc(COCc2ccc(CO)o2)o1. The molecule has 0 amide bonds. The second-order valence-electron chi connectivity index (χ2n) is 3.55. The molecular formula is C12H14O5. The van der Waals surface area contributed by atoms with Gasteiger partial charge in [0.2, 0.25) is 0 Å². The fourth-order valence-corrected chi connectivity index (χ4v) is 1.42. The van der Waals surface area contributed by atoms with Crippen LogP contribution >= 0.6 is 0 Å². The Hall–Kier alpha value is -1.56. The van der Waals surface area contributed by atoms with Gasteiger partial charge in [0.25, 0.3) is 0 Å². The number of hydrogen-bond acceptors (Lipinski definition) is 5. The van der Waals surface area contributed by atoms with Crippen molar-refractivity contribution in [3.63, 3.8) is 0 Å². The highest BCUT2D eigenvalue weighted by Gasteiger charge is 2.04. The van der Waals surface area contributed by atoms with E-state index in [1.807, 2.05) is 0 Å². The van der Waals surface area contributed by atoms with Crippen molar-refractivity contribution in [2.75, 3.05) is 0 Å². The van der Waals surface area contributed by atoms with Crippen molar-refractivity contribution in [1.82, 2.24) is 0 Å². The third kappa shape index (κ3) is 3.20. The van der Waals surface area contributed by atoms with Crippen molar-refractivity contribution < 1.29 is 23.8 Å². The standard InChI is InChI=1S/C12H14O5/c13-5-9-1-3-11(16-9)7-15-8-12-4-2-10(6-14)17-12/h1-4,13-14H,5-8H2. The summed E-state index contributed by atoms with van der Waals surface area (Å²) in [7, 11) is 0. The molecule has 2 aromatic heterocycles. The highest BCUT2D eigenvalue weighted by molar-refractivity contribution is 5.06. The van der Waals surface area contributed by atoms with E-state index in [1.165, 1.54) is 0 Å². The second kappa shape index (κ2) is 5.67. The topological polar surface area (TPSA) is 76.0 Å². The van der Waals surface area contributed by atoms with E-state index in [0.29, 0.717) is 36.3 Å². The van der Waals surface area contributed by atoms with E-state index in [4.69, 9.17) is 23.8 Å². The van der Waals surface area contributed by atoms with E-state index < -0.39 is 0 Å². The molecule has 0 radical (unpaired) electrons. The first kappa shape index (κ1) is 11.9. The summed E-state index contributed by atoms with van der Waals surface area (Å²) in [5.41, 5.74) is 0. The first-order valence-electron chi connectivity index (χ1n) is 5.26. The number of hydrogen-bond donors (Lipinski definition) is 2. The molecule has 0 bridgehead atoms. The molecule has 2 N–H and O–H groups in total. The molecule has 5 heteroatoms. The maximum Gasteiger partial charge on any atom is 0.130 e. The monoisotopic (exact) mass is 238 g/mol. The minimum atomic E-state index is -0.113. The highest BCUT2D eigenvalue weighted by Crippen LogP contribution is 2.12.